The van der Waals surface area contributed by atoms with Crippen LogP contribution in [0.25, 0.3) is 0 Å². The van der Waals surface area contributed by atoms with Crippen LogP contribution in [0.15, 0.2) is 16.5 Å². The van der Waals surface area contributed by atoms with Crippen molar-refractivity contribution in [2.75, 3.05) is 7.11 Å². The first kappa shape index (κ1) is 8.01. The van der Waals surface area contributed by atoms with Gasteiger partial charge in [-0.05, 0) is 19.1 Å². The number of rotatable bonds is 3. The number of carbonyl (C=O) groups is 1. The first-order valence-corrected chi connectivity index (χ1v) is 3.32. The minimum atomic E-state index is -0.566. The lowest BCUT2D eigenvalue weighted by Gasteiger charge is -2.02. The predicted octanol–water partition coefficient (Wildman–Crippen LogP) is 1.47. The molecule has 1 aromatic rings. The second-order valence-electron chi connectivity index (χ2n) is 2.24. The highest BCUT2D eigenvalue weighted by molar-refractivity contribution is 5.58. The van der Waals surface area contributed by atoms with E-state index in [2.05, 4.69) is 0 Å². The van der Waals surface area contributed by atoms with E-state index < -0.39 is 6.10 Å². The van der Waals surface area contributed by atoms with E-state index >= 15 is 0 Å². The summed E-state index contributed by atoms with van der Waals surface area (Å²) in [6, 6.07) is 3.53. The average molecular weight is 154 g/mol. The molecular formula is C8H10O3. The molecule has 1 atom stereocenters. The van der Waals surface area contributed by atoms with Gasteiger partial charge < -0.3 is 9.15 Å². The van der Waals surface area contributed by atoms with Gasteiger partial charge in [-0.25, -0.2) is 0 Å². The van der Waals surface area contributed by atoms with Gasteiger partial charge >= 0.3 is 0 Å². The van der Waals surface area contributed by atoms with Crippen molar-refractivity contribution in [3.8, 4) is 0 Å². The van der Waals surface area contributed by atoms with E-state index in [1.165, 1.54) is 7.11 Å². The molecule has 0 aromatic carbocycles. The van der Waals surface area contributed by atoms with E-state index in [0.717, 1.165) is 5.76 Å². The Balaban J connectivity index is 2.81. The zero-order valence-electron chi connectivity index (χ0n) is 6.53. The third-order valence-corrected chi connectivity index (χ3v) is 1.42. The van der Waals surface area contributed by atoms with Crippen molar-refractivity contribution < 1.29 is 13.9 Å². The molecule has 1 rings (SSSR count). The van der Waals surface area contributed by atoms with E-state index in [1.807, 2.05) is 6.92 Å². The van der Waals surface area contributed by atoms with Crippen LogP contribution >= 0.6 is 0 Å². The van der Waals surface area contributed by atoms with Gasteiger partial charge in [0.25, 0.3) is 0 Å². The van der Waals surface area contributed by atoms with Gasteiger partial charge in [0.15, 0.2) is 12.4 Å². The quantitative estimate of drug-likeness (QED) is 0.619. The van der Waals surface area contributed by atoms with E-state index in [4.69, 9.17) is 9.15 Å². The minimum Gasteiger partial charge on any atom is -0.463 e. The third-order valence-electron chi connectivity index (χ3n) is 1.42. The van der Waals surface area contributed by atoms with Crippen molar-refractivity contribution in [2.45, 2.75) is 13.0 Å². The molecule has 1 aromatic heterocycles. The lowest BCUT2D eigenvalue weighted by molar-refractivity contribution is -0.117. The normalized spacial score (nSPS) is 12.9. The second kappa shape index (κ2) is 3.34. The van der Waals surface area contributed by atoms with E-state index in [1.54, 1.807) is 12.1 Å². The zero-order chi connectivity index (χ0) is 8.27. The molecule has 0 aliphatic carbocycles. The summed E-state index contributed by atoms with van der Waals surface area (Å²) < 4.78 is 10.0. The van der Waals surface area contributed by atoms with E-state index in [-0.39, 0.29) is 0 Å². The molecule has 60 valence electrons. The number of aryl methyl sites for hydroxylation is 1. The summed E-state index contributed by atoms with van der Waals surface area (Å²) in [6.45, 7) is 1.82. The molecule has 0 aliphatic rings. The molecule has 0 radical (unpaired) electrons. The Bertz CT molecular complexity index is 239. The first-order valence-electron chi connectivity index (χ1n) is 3.32. The molecule has 0 spiro atoms. The fourth-order valence-corrected chi connectivity index (χ4v) is 0.845. The number of aldehydes is 1. The molecule has 0 saturated carbocycles. The SMILES string of the molecule is COC(C=O)c1ccc(C)o1. The van der Waals surface area contributed by atoms with Gasteiger partial charge in [-0.3, -0.25) is 4.79 Å². The molecule has 0 amide bonds. The standard InChI is InChI=1S/C8H10O3/c1-6-3-4-7(11-6)8(5-9)10-2/h3-5,8H,1-2H3. The molecule has 3 nitrogen and oxygen atoms in total. The highest BCUT2D eigenvalue weighted by atomic mass is 16.5. The highest BCUT2D eigenvalue weighted by Crippen LogP contribution is 2.16. The summed E-state index contributed by atoms with van der Waals surface area (Å²) in [5, 5.41) is 0. The van der Waals surface area contributed by atoms with Crippen LogP contribution in [0.2, 0.25) is 0 Å². The topological polar surface area (TPSA) is 39.4 Å². The van der Waals surface area contributed by atoms with Crippen LogP contribution in [-0.2, 0) is 9.53 Å². The van der Waals surface area contributed by atoms with Crippen LogP contribution in [0.3, 0.4) is 0 Å². The first-order chi connectivity index (χ1) is 5.27. The van der Waals surface area contributed by atoms with Gasteiger partial charge in [0.2, 0.25) is 0 Å². The largest absolute Gasteiger partial charge is 0.463 e. The third kappa shape index (κ3) is 1.68. The van der Waals surface area contributed by atoms with Gasteiger partial charge in [-0.1, -0.05) is 0 Å². The van der Waals surface area contributed by atoms with Crippen molar-refractivity contribution >= 4 is 6.29 Å². The van der Waals surface area contributed by atoms with Gasteiger partial charge in [-0.15, -0.1) is 0 Å². The van der Waals surface area contributed by atoms with Crippen LogP contribution in [-0.4, -0.2) is 13.4 Å². The van der Waals surface area contributed by atoms with Crippen LogP contribution in [0.5, 0.6) is 0 Å². The fraction of sp³-hybridized carbons (Fsp3) is 0.375. The Labute approximate surface area is 65.0 Å². The Morgan fingerprint density at radius 2 is 2.36 bits per heavy atom. The van der Waals surface area contributed by atoms with Gasteiger partial charge in [0.05, 0.1) is 0 Å². The molecule has 0 N–H and O–H groups in total. The lowest BCUT2D eigenvalue weighted by Crippen LogP contribution is -2.00. The number of methoxy groups -OCH3 is 1. The molecule has 0 bridgehead atoms. The van der Waals surface area contributed by atoms with Crippen LogP contribution in [0, 0.1) is 6.92 Å². The Morgan fingerprint density at radius 3 is 2.73 bits per heavy atom. The van der Waals surface area contributed by atoms with Crippen molar-refractivity contribution in [1.29, 1.82) is 0 Å². The van der Waals surface area contributed by atoms with Crippen LogP contribution in [0.1, 0.15) is 17.6 Å². The van der Waals surface area contributed by atoms with E-state index in [0.29, 0.717) is 12.0 Å². The molecule has 11 heavy (non-hydrogen) atoms. The monoisotopic (exact) mass is 154 g/mol. The number of hydrogen-bond acceptors (Lipinski definition) is 3. The molecule has 1 heterocycles. The van der Waals surface area contributed by atoms with Crippen LogP contribution < -0.4 is 0 Å². The molecule has 0 saturated heterocycles. The van der Waals surface area contributed by atoms with Crippen molar-refractivity contribution in [3.63, 3.8) is 0 Å². The average Bonchev–Trinajstić information content (AvgIpc) is 2.39. The summed E-state index contributed by atoms with van der Waals surface area (Å²) in [5.41, 5.74) is 0. The smallest absolute Gasteiger partial charge is 0.170 e. The maximum Gasteiger partial charge on any atom is 0.170 e. The van der Waals surface area contributed by atoms with Gasteiger partial charge in [0, 0.05) is 7.11 Å². The number of carbonyl (C=O) groups excluding carboxylic acids is 1. The number of hydrogen-bond donors (Lipinski definition) is 0. The van der Waals surface area contributed by atoms with Crippen molar-refractivity contribution in [1.82, 2.24) is 0 Å². The Morgan fingerprint density at radius 1 is 1.64 bits per heavy atom. The summed E-state index contributed by atoms with van der Waals surface area (Å²) in [7, 11) is 1.47. The summed E-state index contributed by atoms with van der Waals surface area (Å²) in [4.78, 5) is 10.4. The second-order valence-corrected chi connectivity index (χ2v) is 2.24. The van der Waals surface area contributed by atoms with Crippen molar-refractivity contribution in [3.05, 3.63) is 23.7 Å². The number of furan rings is 1. The lowest BCUT2D eigenvalue weighted by atomic mass is 10.3. The summed E-state index contributed by atoms with van der Waals surface area (Å²) >= 11 is 0. The molecule has 3 heteroatoms. The maximum absolute atomic E-state index is 10.4. The highest BCUT2D eigenvalue weighted by Gasteiger charge is 2.11. The zero-order valence-corrected chi connectivity index (χ0v) is 6.53. The predicted molar refractivity (Wildman–Crippen MR) is 39.3 cm³/mol. The fourth-order valence-electron chi connectivity index (χ4n) is 0.845. The maximum atomic E-state index is 10.4. The Hall–Kier alpha value is -1.09. The Kier molecular flexibility index (Phi) is 2.44. The van der Waals surface area contributed by atoms with Crippen LogP contribution in [0.4, 0.5) is 0 Å². The molecular weight excluding hydrogens is 144 g/mol. The summed E-state index contributed by atoms with van der Waals surface area (Å²) in [5.74, 6) is 1.34. The van der Waals surface area contributed by atoms with E-state index in [9.17, 15) is 4.79 Å². The van der Waals surface area contributed by atoms with Gasteiger partial charge in [-0.2, -0.15) is 0 Å². The minimum absolute atomic E-state index is 0.556. The number of ether oxygens (including phenoxy) is 1. The molecule has 0 aliphatic heterocycles. The van der Waals surface area contributed by atoms with Gasteiger partial charge in [0.1, 0.15) is 11.5 Å². The van der Waals surface area contributed by atoms with Crippen molar-refractivity contribution in [2.24, 2.45) is 0 Å². The molecule has 1 unspecified atom stereocenters. The summed E-state index contributed by atoms with van der Waals surface area (Å²) in [6.07, 6.45) is 0.141. The molecule has 0 fully saturated rings.